The van der Waals surface area contributed by atoms with Crippen LogP contribution in [0.3, 0.4) is 0 Å². The molecule has 0 radical (unpaired) electrons. The van der Waals surface area contributed by atoms with Gasteiger partial charge in [0.1, 0.15) is 16.5 Å². The molecule has 4 rings (SSSR count). The predicted octanol–water partition coefficient (Wildman–Crippen LogP) is 3.57. The van der Waals surface area contributed by atoms with Gasteiger partial charge in [-0.1, -0.05) is 34.2 Å². The fraction of sp³-hybridized carbons (Fsp3) is 0.440. The van der Waals surface area contributed by atoms with Crippen LogP contribution in [0.2, 0.25) is 0 Å². The van der Waals surface area contributed by atoms with E-state index < -0.39 is 39.1 Å². The Bertz CT molecular complexity index is 1600. The highest BCUT2D eigenvalue weighted by atomic mass is 79.9. The molecule has 0 spiro atoms. The predicted molar refractivity (Wildman–Crippen MR) is 154 cm³/mol. The molecule has 1 atom stereocenters. The summed E-state index contributed by atoms with van der Waals surface area (Å²) in [5, 5.41) is 2.84. The maximum atomic E-state index is 12.8. The minimum absolute atomic E-state index is 0.271. The summed E-state index contributed by atoms with van der Waals surface area (Å²) in [7, 11) is -1.32. The normalized spacial score (nSPS) is 15.8. The Morgan fingerprint density at radius 3 is 2.69 bits per heavy atom. The van der Waals surface area contributed by atoms with Crippen molar-refractivity contribution in [1.29, 1.82) is 0 Å². The second-order valence-electron chi connectivity index (χ2n) is 9.27. The Morgan fingerprint density at radius 1 is 1.21 bits per heavy atom. The Hall–Kier alpha value is -2.39. The molecule has 0 saturated heterocycles. The lowest BCUT2D eigenvalue weighted by atomic mass is 9.88. The van der Waals surface area contributed by atoms with Crippen LogP contribution < -0.4 is 10.1 Å². The van der Waals surface area contributed by atoms with Gasteiger partial charge >= 0.3 is 5.97 Å². The fourth-order valence-corrected chi connectivity index (χ4v) is 8.48. The lowest BCUT2D eigenvalue weighted by Gasteiger charge is -2.18. The number of aromatic nitrogens is 1. The van der Waals surface area contributed by atoms with Crippen LogP contribution in [-0.4, -0.2) is 63.1 Å². The molecule has 2 heterocycles. The number of benzene rings is 1. The molecule has 1 aliphatic carbocycles. The van der Waals surface area contributed by atoms with Gasteiger partial charge in [0.05, 0.1) is 29.5 Å². The van der Waals surface area contributed by atoms with Crippen molar-refractivity contribution in [3.05, 3.63) is 43.5 Å². The highest BCUT2D eigenvalue weighted by Crippen LogP contribution is 2.40. The molecular formula is C25H28BrN3O7S3. The van der Waals surface area contributed by atoms with Gasteiger partial charge in [-0.15, -0.1) is 11.3 Å². The minimum atomic E-state index is -4.14. The number of rotatable bonds is 9. The summed E-state index contributed by atoms with van der Waals surface area (Å²) < 4.78 is 39.1. The molecule has 2 aromatic heterocycles. The van der Waals surface area contributed by atoms with E-state index in [4.69, 9.17) is 9.47 Å². The van der Waals surface area contributed by atoms with Crippen LogP contribution in [0.25, 0.3) is 10.2 Å². The van der Waals surface area contributed by atoms with Gasteiger partial charge in [-0.25, -0.2) is 13.2 Å². The van der Waals surface area contributed by atoms with Crippen LogP contribution in [0.1, 0.15) is 34.1 Å². The zero-order valence-electron chi connectivity index (χ0n) is 21.6. The molecule has 0 bridgehead atoms. The number of methoxy groups -OCH3 is 2. The van der Waals surface area contributed by atoms with Gasteiger partial charge in [0.15, 0.2) is 14.6 Å². The summed E-state index contributed by atoms with van der Waals surface area (Å²) in [4.78, 5) is 43.3. The molecular weight excluding hydrogens is 630 g/mol. The van der Waals surface area contributed by atoms with Gasteiger partial charge in [-0.05, 0) is 48.9 Å². The molecule has 2 amide bonds. The summed E-state index contributed by atoms with van der Waals surface area (Å²) >= 11 is 5.94. The van der Waals surface area contributed by atoms with E-state index in [-0.39, 0.29) is 10.6 Å². The van der Waals surface area contributed by atoms with Crippen LogP contribution in [0, 0.1) is 5.92 Å². The lowest BCUT2D eigenvalue weighted by Crippen LogP contribution is -2.28. The van der Waals surface area contributed by atoms with E-state index in [2.05, 4.69) is 33.2 Å². The van der Waals surface area contributed by atoms with Gasteiger partial charge in [-0.2, -0.15) is 4.99 Å². The number of sulfone groups is 1. The third kappa shape index (κ3) is 7.04. The van der Waals surface area contributed by atoms with Crippen molar-refractivity contribution < 1.29 is 32.3 Å². The van der Waals surface area contributed by atoms with Crippen LogP contribution in [0.4, 0.5) is 5.00 Å². The average Bonchev–Trinajstić information content (AvgIpc) is 3.36. The third-order valence-corrected chi connectivity index (χ3v) is 10.3. The largest absolute Gasteiger partial charge is 0.465 e. The molecule has 1 unspecified atom stereocenters. The smallest absolute Gasteiger partial charge is 0.341 e. The number of ether oxygens (including phenoxy) is 2. The first-order valence-corrected chi connectivity index (χ1v) is 16.3. The number of hydrogen-bond acceptors (Lipinski definition) is 9. The van der Waals surface area contributed by atoms with Gasteiger partial charge in [0.2, 0.25) is 5.91 Å². The molecule has 0 saturated carbocycles. The van der Waals surface area contributed by atoms with E-state index in [1.54, 1.807) is 11.7 Å². The van der Waals surface area contributed by atoms with E-state index >= 15 is 0 Å². The summed E-state index contributed by atoms with van der Waals surface area (Å²) in [5.41, 5.74) is 1.95. The molecule has 1 aromatic carbocycles. The minimum Gasteiger partial charge on any atom is -0.465 e. The zero-order valence-corrected chi connectivity index (χ0v) is 25.6. The number of hydrogen-bond donors (Lipinski definition) is 1. The molecule has 14 heteroatoms. The first-order chi connectivity index (χ1) is 18.5. The molecule has 1 N–H and O–H groups in total. The molecule has 0 fully saturated rings. The fourth-order valence-electron chi connectivity index (χ4n) is 4.43. The quantitative estimate of drug-likeness (QED) is 0.348. The number of carbonyl (C=O) groups excluding carboxylic acids is 3. The van der Waals surface area contributed by atoms with Crippen molar-refractivity contribution in [2.24, 2.45) is 10.9 Å². The Balaban J connectivity index is 1.51. The standard InChI is InChI=1S/C25H28BrN3O7S3/c1-14-4-6-16-18(10-14)37-23(22(16)24(32)36-3)27-20(30)12-39(33,34)13-21(31)28-25-29(8-9-35-2)17-7-5-15(26)11-19(17)38-25/h5,7,11,14H,4,6,8-10,12-13H2,1-3H3,(H,27,30). The average molecular weight is 659 g/mol. The monoisotopic (exact) mass is 657 g/mol. The number of anilines is 1. The Labute approximate surface area is 242 Å². The topological polar surface area (TPSA) is 133 Å². The maximum absolute atomic E-state index is 12.8. The summed E-state index contributed by atoms with van der Waals surface area (Å²) in [6.07, 6.45) is 2.36. The van der Waals surface area contributed by atoms with E-state index in [9.17, 15) is 22.8 Å². The van der Waals surface area contributed by atoms with Crippen LogP contribution in [-0.2, 0) is 48.3 Å². The zero-order chi connectivity index (χ0) is 28.3. The van der Waals surface area contributed by atoms with Gasteiger partial charge in [0.25, 0.3) is 5.91 Å². The summed E-state index contributed by atoms with van der Waals surface area (Å²) in [6, 6.07) is 5.63. The number of carbonyl (C=O) groups is 3. The number of halogens is 1. The van der Waals surface area contributed by atoms with Crippen molar-refractivity contribution in [3.8, 4) is 0 Å². The highest BCUT2D eigenvalue weighted by Gasteiger charge is 2.30. The van der Waals surface area contributed by atoms with Crippen molar-refractivity contribution >= 4 is 81.4 Å². The molecule has 210 valence electrons. The number of thiophene rings is 1. The first kappa shape index (κ1) is 29.6. The first-order valence-electron chi connectivity index (χ1n) is 12.1. The van der Waals surface area contributed by atoms with Crippen LogP contribution in [0.15, 0.2) is 27.7 Å². The van der Waals surface area contributed by atoms with Gasteiger partial charge in [0, 0.05) is 23.0 Å². The van der Waals surface area contributed by atoms with Crippen molar-refractivity contribution in [3.63, 3.8) is 0 Å². The molecule has 0 aliphatic heterocycles. The van der Waals surface area contributed by atoms with Crippen molar-refractivity contribution in [2.45, 2.75) is 32.7 Å². The Kier molecular flexibility index (Phi) is 9.42. The second-order valence-corrected chi connectivity index (χ2v) is 14.4. The van der Waals surface area contributed by atoms with E-state index in [0.717, 1.165) is 38.0 Å². The molecule has 1 aliphatic rings. The number of fused-ring (bicyclic) bond motifs is 2. The number of nitrogens with zero attached hydrogens (tertiary/aromatic N) is 2. The number of esters is 1. The van der Waals surface area contributed by atoms with Gasteiger partial charge in [-0.3, -0.25) is 9.59 Å². The molecule has 3 aromatic rings. The molecule has 39 heavy (non-hydrogen) atoms. The van der Waals surface area contributed by atoms with Gasteiger partial charge < -0.3 is 19.4 Å². The van der Waals surface area contributed by atoms with Crippen LogP contribution >= 0.6 is 38.6 Å². The van der Waals surface area contributed by atoms with E-state index in [1.165, 1.54) is 29.8 Å². The summed E-state index contributed by atoms with van der Waals surface area (Å²) in [5.74, 6) is -3.69. The van der Waals surface area contributed by atoms with Crippen molar-refractivity contribution in [1.82, 2.24) is 4.57 Å². The van der Waals surface area contributed by atoms with Crippen LogP contribution in [0.5, 0.6) is 0 Å². The summed E-state index contributed by atoms with van der Waals surface area (Å²) in [6.45, 7) is 2.91. The number of nitrogens with one attached hydrogen (secondary N) is 1. The SMILES string of the molecule is COCCn1c(=NC(=O)CS(=O)(=O)CC(=O)Nc2sc3c(c2C(=O)OC)CCC(C)C3)sc2cc(Br)ccc21. The number of thiazole rings is 1. The lowest BCUT2D eigenvalue weighted by molar-refractivity contribution is -0.115. The number of amides is 2. The van der Waals surface area contributed by atoms with E-state index in [1.807, 2.05) is 18.2 Å². The highest BCUT2D eigenvalue weighted by molar-refractivity contribution is 9.10. The van der Waals surface area contributed by atoms with E-state index in [0.29, 0.717) is 30.3 Å². The Morgan fingerprint density at radius 2 is 1.97 bits per heavy atom. The maximum Gasteiger partial charge on any atom is 0.341 e. The third-order valence-electron chi connectivity index (χ3n) is 6.23. The molecule has 10 nitrogen and oxygen atoms in total. The second kappa shape index (κ2) is 12.4. The van der Waals surface area contributed by atoms with Crippen molar-refractivity contribution in [2.75, 3.05) is 37.6 Å².